The molecule has 1 N–H and O–H groups in total. The van der Waals surface area contributed by atoms with Gasteiger partial charge in [-0.25, -0.2) is 0 Å². The number of thioether (sulfide) groups is 1. The fourth-order valence-electron chi connectivity index (χ4n) is 2.18. The van der Waals surface area contributed by atoms with E-state index in [1.54, 1.807) is 0 Å². The molecule has 1 rings (SSSR count). The Bertz CT molecular complexity index is 315. The predicted octanol–water partition coefficient (Wildman–Crippen LogP) is 3.34. The number of hydrogen-bond acceptors (Lipinski definition) is 3. The highest BCUT2D eigenvalue weighted by molar-refractivity contribution is 7.99. The molecule has 0 saturated carbocycles. The highest BCUT2D eigenvalue weighted by Crippen LogP contribution is 2.16. The summed E-state index contributed by atoms with van der Waals surface area (Å²) in [5, 5.41) is 3.69. The third-order valence-electron chi connectivity index (χ3n) is 2.89. The molecule has 0 radical (unpaired) electrons. The van der Waals surface area contributed by atoms with Crippen LogP contribution >= 0.6 is 11.8 Å². The Kier molecular flexibility index (Phi) is 8.19. The van der Waals surface area contributed by atoms with Crippen molar-refractivity contribution in [3.8, 4) is 0 Å². The van der Waals surface area contributed by atoms with Crippen molar-refractivity contribution >= 4 is 11.8 Å². The molecule has 1 aromatic rings. The van der Waals surface area contributed by atoms with E-state index in [0.717, 1.165) is 24.8 Å². The quantitative estimate of drug-likeness (QED) is 0.552. The zero-order valence-corrected chi connectivity index (χ0v) is 13.5. The van der Waals surface area contributed by atoms with Crippen molar-refractivity contribution in [1.82, 2.24) is 10.2 Å². The molecular weight excluding hydrogens is 252 g/mol. The Balaban J connectivity index is 2.23. The summed E-state index contributed by atoms with van der Waals surface area (Å²) in [6.45, 7) is 6.78. The number of rotatable bonds is 9. The molecule has 19 heavy (non-hydrogen) atoms. The largest absolute Gasteiger partial charge is 0.312 e. The maximum absolute atomic E-state index is 3.69. The van der Waals surface area contributed by atoms with Crippen LogP contribution in [0.15, 0.2) is 35.2 Å². The SMILES string of the molecule is CC(C)CC(CN(C)C)NCCSc1ccccc1. The van der Waals surface area contributed by atoms with Gasteiger partial charge >= 0.3 is 0 Å². The predicted molar refractivity (Wildman–Crippen MR) is 87.0 cm³/mol. The van der Waals surface area contributed by atoms with E-state index >= 15 is 0 Å². The molecule has 0 aliphatic carbocycles. The molecule has 0 fully saturated rings. The van der Waals surface area contributed by atoms with Gasteiger partial charge in [-0.1, -0.05) is 32.0 Å². The van der Waals surface area contributed by atoms with Gasteiger partial charge in [0.1, 0.15) is 0 Å². The van der Waals surface area contributed by atoms with Crippen LogP contribution in [0.3, 0.4) is 0 Å². The molecule has 0 aromatic heterocycles. The van der Waals surface area contributed by atoms with Gasteiger partial charge in [0, 0.05) is 29.8 Å². The summed E-state index contributed by atoms with van der Waals surface area (Å²) in [5.74, 6) is 1.88. The van der Waals surface area contributed by atoms with Crippen LogP contribution in [0.4, 0.5) is 0 Å². The van der Waals surface area contributed by atoms with Crippen LogP contribution in [0, 0.1) is 5.92 Å². The van der Waals surface area contributed by atoms with Crippen LogP contribution in [0.25, 0.3) is 0 Å². The lowest BCUT2D eigenvalue weighted by molar-refractivity contribution is 0.310. The van der Waals surface area contributed by atoms with E-state index in [2.05, 4.69) is 68.5 Å². The molecule has 3 heteroatoms. The summed E-state index contributed by atoms with van der Waals surface area (Å²) in [7, 11) is 4.29. The standard InChI is InChI=1S/C16H28N2S/c1-14(2)12-15(13-18(3)4)17-10-11-19-16-8-6-5-7-9-16/h5-9,14-15,17H,10-13H2,1-4H3. The Labute approximate surface area is 123 Å². The summed E-state index contributed by atoms with van der Waals surface area (Å²) in [6, 6.07) is 11.2. The minimum atomic E-state index is 0.603. The van der Waals surface area contributed by atoms with Crippen LogP contribution in [0.5, 0.6) is 0 Å². The molecule has 0 spiro atoms. The molecule has 0 saturated heterocycles. The first kappa shape index (κ1) is 16.5. The first-order chi connectivity index (χ1) is 9.08. The minimum absolute atomic E-state index is 0.603. The average molecular weight is 280 g/mol. The lowest BCUT2D eigenvalue weighted by Crippen LogP contribution is -2.40. The summed E-state index contributed by atoms with van der Waals surface area (Å²) >= 11 is 1.92. The minimum Gasteiger partial charge on any atom is -0.312 e. The molecule has 0 amide bonds. The van der Waals surface area contributed by atoms with E-state index < -0.39 is 0 Å². The van der Waals surface area contributed by atoms with Crippen LogP contribution in [-0.4, -0.2) is 43.9 Å². The number of likely N-dealkylation sites (N-methyl/N-ethyl adjacent to an activating group) is 1. The Morgan fingerprint density at radius 2 is 1.84 bits per heavy atom. The van der Waals surface area contributed by atoms with Gasteiger partial charge in [-0.05, 0) is 38.6 Å². The highest BCUT2D eigenvalue weighted by atomic mass is 32.2. The molecular formula is C16H28N2S. The highest BCUT2D eigenvalue weighted by Gasteiger charge is 2.10. The van der Waals surface area contributed by atoms with Gasteiger partial charge in [0.25, 0.3) is 0 Å². The van der Waals surface area contributed by atoms with Crippen LogP contribution in [-0.2, 0) is 0 Å². The maximum Gasteiger partial charge on any atom is 0.0197 e. The Hall–Kier alpha value is -0.510. The van der Waals surface area contributed by atoms with Gasteiger partial charge < -0.3 is 10.2 Å². The Morgan fingerprint density at radius 1 is 1.16 bits per heavy atom. The van der Waals surface area contributed by atoms with E-state index in [4.69, 9.17) is 0 Å². The number of nitrogens with one attached hydrogen (secondary N) is 1. The fraction of sp³-hybridized carbons (Fsp3) is 0.625. The molecule has 108 valence electrons. The van der Waals surface area contributed by atoms with Gasteiger partial charge in [-0.2, -0.15) is 0 Å². The third-order valence-corrected chi connectivity index (χ3v) is 3.90. The third kappa shape index (κ3) is 8.30. The van der Waals surface area contributed by atoms with E-state index in [9.17, 15) is 0 Å². The van der Waals surface area contributed by atoms with E-state index in [0.29, 0.717) is 6.04 Å². The topological polar surface area (TPSA) is 15.3 Å². The zero-order valence-electron chi connectivity index (χ0n) is 12.7. The number of hydrogen-bond donors (Lipinski definition) is 1. The smallest absolute Gasteiger partial charge is 0.0197 e. The molecule has 1 aromatic carbocycles. The second-order valence-electron chi connectivity index (χ2n) is 5.70. The summed E-state index contributed by atoms with van der Waals surface area (Å²) in [4.78, 5) is 3.63. The van der Waals surface area contributed by atoms with Crippen molar-refractivity contribution < 1.29 is 0 Å². The van der Waals surface area contributed by atoms with Gasteiger partial charge in [-0.15, -0.1) is 11.8 Å². The molecule has 0 heterocycles. The normalized spacial score (nSPS) is 13.2. The van der Waals surface area contributed by atoms with Crippen molar-refractivity contribution in [2.45, 2.75) is 31.2 Å². The molecule has 1 unspecified atom stereocenters. The van der Waals surface area contributed by atoms with E-state index in [1.165, 1.54) is 11.3 Å². The second kappa shape index (κ2) is 9.40. The molecule has 0 aliphatic heterocycles. The first-order valence-corrected chi connectivity index (χ1v) is 8.12. The summed E-state index contributed by atoms with van der Waals surface area (Å²) in [5.41, 5.74) is 0. The lowest BCUT2D eigenvalue weighted by atomic mass is 10.0. The van der Waals surface area contributed by atoms with Crippen LogP contribution in [0.1, 0.15) is 20.3 Å². The van der Waals surface area contributed by atoms with Crippen molar-refractivity contribution in [3.63, 3.8) is 0 Å². The molecule has 2 nitrogen and oxygen atoms in total. The lowest BCUT2D eigenvalue weighted by Gasteiger charge is -2.24. The molecule has 1 atom stereocenters. The summed E-state index contributed by atoms with van der Waals surface area (Å²) in [6.07, 6.45) is 1.24. The van der Waals surface area contributed by atoms with E-state index in [1.807, 2.05) is 11.8 Å². The second-order valence-corrected chi connectivity index (χ2v) is 6.87. The fourth-order valence-corrected chi connectivity index (χ4v) is 2.99. The van der Waals surface area contributed by atoms with Gasteiger partial charge in [0.15, 0.2) is 0 Å². The van der Waals surface area contributed by atoms with Crippen molar-refractivity contribution in [3.05, 3.63) is 30.3 Å². The van der Waals surface area contributed by atoms with Crippen LogP contribution in [0.2, 0.25) is 0 Å². The number of nitrogens with zero attached hydrogens (tertiary/aromatic N) is 1. The van der Waals surface area contributed by atoms with Crippen molar-refractivity contribution in [2.75, 3.05) is 32.9 Å². The van der Waals surface area contributed by atoms with Crippen molar-refractivity contribution in [1.29, 1.82) is 0 Å². The van der Waals surface area contributed by atoms with Crippen LogP contribution < -0.4 is 5.32 Å². The average Bonchev–Trinajstić information content (AvgIpc) is 2.34. The Morgan fingerprint density at radius 3 is 2.42 bits per heavy atom. The summed E-state index contributed by atoms with van der Waals surface area (Å²) < 4.78 is 0. The molecule has 0 aliphatic rings. The molecule has 0 bridgehead atoms. The van der Waals surface area contributed by atoms with Gasteiger partial charge in [0.05, 0.1) is 0 Å². The zero-order chi connectivity index (χ0) is 14.1. The van der Waals surface area contributed by atoms with Crippen molar-refractivity contribution in [2.24, 2.45) is 5.92 Å². The van der Waals surface area contributed by atoms with Gasteiger partial charge in [-0.3, -0.25) is 0 Å². The van der Waals surface area contributed by atoms with Gasteiger partial charge in [0.2, 0.25) is 0 Å². The van der Waals surface area contributed by atoms with E-state index in [-0.39, 0.29) is 0 Å². The number of benzene rings is 1. The first-order valence-electron chi connectivity index (χ1n) is 7.14. The monoisotopic (exact) mass is 280 g/mol. The maximum atomic E-state index is 3.69.